The molecule has 1 saturated heterocycles. The van der Waals surface area contributed by atoms with Crippen molar-refractivity contribution >= 4 is 0 Å². The van der Waals surface area contributed by atoms with Crippen molar-refractivity contribution in [1.29, 1.82) is 0 Å². The van der Waals surface area contributed by atoms with Crippen LogP contribution in [0.25, 0.3) is 0 Å². The third-order valence-electron chi connectivity index (χ3n) is 3.89. The minimum atomic E-state index is 0.307. The zero-order valence-electron chi connectivity index (χ0n) is 11.4. The average Bonchev–Trinajstić information content (AvgIpc) is 2.41. The summed E-state index contributed by atoms with van der Waals surface area (Å²) < 4.78 is 0. The van der Waals surface area contributed by atoms with Gasteiger partial charge >= 0.3 is 0 Å². The highest BCUT2D eigenvalue weighted by molar-refractivity contribution is 5.15. The normalized spacial score (nSPS) is 23.2. The molecule has 4 nitrogen and oxygen atoms in total. The number of likely N-dealkylation sites (N-methyl/N-ethyl adjacent to an activating group) is 1. The zero-order chi connectivity index (χ0) is 13.0. The Morgan fingerprint density at radius 1 is 1.56 bits per heavy atom. The summed E-state index contributed by atoms with van der Waals surface area (Å²) in [5, 5.41) is 0. The van der Waals surface area contributed by atoms with Gasteiger partial charge in [0.15, 0.2) is 0 Å². The van der Waals surface area contributed by atoms with Gasteiger partial charge in [-0.15, -0.1) is 0 Å². The molecule has 1 aromatic heterocycles. The molecule has 2 heterocycles. The minimum Gasteiger partial charge on any atom is -0.329 e. The van der Waals surface area contributed by atoms with Gasteiger partial charge in [-0.05, 0) is 45.1 Å². The molecule has 0 radical (unpaired) electrons. The van der Waals surface area contributed by atoms with E-state index in [-0.39, 0.29) is 0 Å². The van der Waals surface area contributed by atoms with Crippen LogP contribution < -0.4 is 5.73 Å². The number of hydrogen-bond donors (Lipinski definition) is 1. The van der Waals surface area contributed by atoms with E-state index in [0.717, 1.165) is 13.1 Å². The average molecular weight is 248 g/mol. The van der Waals surface area contributed by atoms with E-state index in [9.17, 15) is 0 Å². The molecule has 2 rings (SSSR count). The first-order chi connectivity index (χ1) is 8.72. The molecule has 1 aliphatic heterocycles. The standard InChI is InChI=1S/C14H24N4/c1-17(2)13-6-4-8-18(11-13)14(9-15)12-5-3-7-16-10-12/h3,5,7,10,13-14H,4,6,8-9,11,15H2,1-2H3. The number of piperidine rings is 1. The molecule has 2 atom stereocenters. The van der Waals surface area contributed by atoms with E-state index in [0.29, 0.717) is 18.6 Å². The van der Waals surface area contributed by atoms with Gasteiger partial charge in [0, 0.05) is 37.6 Å². The Hall–Kier alpha value is -0.970. The number of pyridine rings is 1. The summed E-state index contributed by atoms with van der Waals surface area (Å²) in [6, 6.07) is 5.07. The first-order valence-corrected chi connectivity index (χ1v) is 6.73. The van der Waals surface area contributed by atoms with Crippen molar-refractivity contribution in [3.8, 4) is 0 Å². The molecule has 0 aliphatic carbocycles. The monoisotopic (exact) mass is 248 g/mol. The van der Waals surface area contributed by atoms with E-state index in [2.05, 4.69) is 34.9 Å². The number of likely N-dealkylation sites (tertiary alicyclic amines) is 1. The SMILES string of the molecule is CN(C)C1CCCN(C(CN)c2cccnc2)C1. The fraction of sp³-hybridized carbons (Fsp3) is 0.643. The molecule has 4 heteroatoms. The molecule has 0 spiro atoms. The lowest BCUT2D eigenvalue weighted by Gasteiger charge is -2.40. The third kappa shape index (κ3) is 3.07. The van der Waals surface area contributed by atoms with Crippen LogP contribution >= 0.6 is 0 Å². The fourth-order valence-electron chi connectivity index (χ4n) is 2.76. The summed E-state index contributed by atoms with van der Waals surface area (Å²) in [6.45, 7) is 2.90. The quantitative estimate of drug-likeness (QED) is 0.867. The van der Waals surface area contributed by atoms with Crippen LogP contribution in [0.15, 0.2) is 24.5 Å². The number of nitrogens with two attached hydrogens (primary N) is 1. The molecule has 0 amide bonds. The van der Waals surface area contributed by atoms with Crippen LogP contribution in [0.4, 0.5) is 0 Å². The van der Waals surface area contributed by atoms with Crippen LogP contribution in [-0.4, -0.2) is 54.6 Å². The maximum Gasteiger partial charge on any atom is 0.0486 e. The van der Waals surface area contributed by atoms with Crippen molar-refractivity contribution < 1.29 is 0 Å². The lowest BCUT2D eigenvalue weighted by atomic mass is 10.00. The molecule has 2 unspecified atom stereocenters. The van der Waals surface area contributed by atoms with Crippen molar-refractivity contribution in [1.82, 2.24) is 14.8 Å². The Balaban J connectivity index is 2.08. The van der Waals surface area contributed by atoms with Crippen molar-refractivity contribution in [2.24, 2.45) is 5.73 Å². The lowest BCUT2D eigenvalue weighted by molar-refractivity contribution is 0.0983. The Bertz CT molecular complexity index is 352. The Morgan fingerprint density at radius 2 is 2.39 bits per heavy atom. The van der Waals surface area contributed by atoms with Gasteiger partial charge in [0.25, 0.3) is 0 Å². The fourth-order valence-corrected chi connectivity index (χ4v) is 2.76. The van der Waals surface area contributed by atoms with Gasteiger partial charge in [0.2, 0.25) is 0 Å². The van der Waals surface area contributed by atoms with Crippen LogP contribution in [0.1, 0.15) is 24.4 Å². The molecule has 2 N–H and O–H groups in total. The van der Waals surface area contributed by atoms with Crippen molar-refractivity contribution in [3.63, 3.8) is 0 Å². The van der Waals surface area contributed by atoms with Gasteiger partial charge in [0.1, 0.15) is 0 Å². The highest BCUT2D eigenvalue weighted by atomic mass is 15.2. The smallest absolute Gasteiger partial charge is 0.0486 e. The summed E-state index contributed by atoms with van der Waals surface area (Å²) in [7, 11) is 4.32. The summed E-state index contributed by atoms with van der Waals surface area (Å²) in [5.41, 5.74) is 7.21. The summed E-state index contributed by atoms with van der Waals surface area (Å²) in [4.78, 5) is 9.04. The molecule has 1 aliphatic rings. The first kappa shape index (κ1) is 13.5. The Kier molecular flexibility index (Phi) is 4.69. The number of nitrogens with zero attached hydrogens (tertiary/aromatic N) is 3. The molecule has 0 bridgehead atoms. The summed E-state index contributed by atoms with van der Waals surface area (Å²) in [6.07, 6.45) is 6.29. The third-order valence-corrected chi connectivity index (χ3v) is 3.89. The van der Waals surface area contributed by atoms with Gasteiger partial charge in [-0.2, -0.15) is 0 Å². The molecule has 0 aromatic carbocycles. The minimum absolute atomic E-state index is 0.307. The lowest BCUT2D eigenvalue weighted by Crippen LogP contribution is -2.47. The number of hydrogen-bond acceptors (Lipinski definition) is 4. The van der Waals surface area contributed by atoms with Crippen LogP contribution in [-0.2, 0) is 0 Å². The van der Waals surface area contributed by atoms with Gasteiger partial charge in [-0.25, -0.2) is 0 Å². The molecule has 18 heavy (non-hydrogen) atoms. The largest absolute Gasteiger partial charge is 0.329 e. The van der Waals surface area contributed by atoms with E-state index in [1.807, 2.05) is 18.5 Å². The maximum atomic E-state index is 5.97. The second kappa shape index (κ2) is 6.27. The Morgan fingerprint density at radius 3 is 3.00 bits per heavy atom. The van der Waals surface area contributed by atoms with E-state index in [4.69, 9.17) is 5.73 Å². The van der Waals surface area contributed by atoms with Gasteiger partial charge in [0.05, 0.1) is 0 Å². The van der Waals surface area contributed by atoms with Gasteiger partial charge in [-0.3, -0.25) is 9.88 Å². The van der Waals surface area contributed by atoms with E-state index in [1.54, 1.807) is 0 Å². The van der Waals surface area contributed by atoms with Crippen molar-refractivity contribution in [2.75, 3.05) is 33.7 Å². The van der Waals surface area contributed by atoms with Crippen LogP contribution in [0.5, 0.6) is 0 Å². The van der Waals surface area contributed by atoms with Gasteiger partial charge < -0.3 is 10.6 Å². The van der Waals surface area contributed by atoms with Crippen LogP contribution in [0.3, 0.4) is 0 Å². The van der Waals surface area contributed by atoms with E-state index in [1.165, 1.54) is 18.4 Å². The molecule has 0 saturated carbocycles. The first-order valence-electron chi connectivity index (χ1n) is 6.73. The number of aromatic nitrogens is 1. The predicted octanol–water partition coefficient (Wildman–Crippen LogP) is 1.11. The van der Waals surface area contributed by atoms with Crippen LogP contribution in [0.2, 0.25) is 0 Å². The number of rotatable bonds is 4. The zero-order valence-corrected chi connectivity index (χ0v) is 11.4. The topological polar surface area (TPSA) is 45.4 Å². The molecule has 1 fully saturated rings. The Labute approximate surface area is 110 Å². The second-order valence-electron chi connectivity index (χ2n) is 5.29. The second-order valence-corrected chi connectivity index (χ2v) is 5.29. The molecule has 1 aromatic rings. The highest BCUT2D eigenvalue weighted by Crippen LogP contribution is 2.24. The maximum absolute atomic E-state index is 5.97. The van der Waals surface area contributed by atoms with Crippen molar-refractivity contribution in [2.45, 2.75) is 24.9 Å². The van der Waals surface area contributed by atoms with Gasteiger partial charge in [-0.1, -0.05) is 6.07 Å². The molecule has 100 valence electrons. The molecular formula is C14H24N4. The highest BCUT2D eigenvalue weighted by Gasteiger charge is 2.27. The van der Waals surface area contributed by atoms with Crippen LogP contribution in [0, 0.1) is 0 Å². The van der Waals surface area contributed by atoms with Crippen molar-refractivity contribution in [3.05, 3.63) is 30.1 Å². The van der Waals surface area contributed by atoms with E-state index < -0.39 is 0 Å². The van der Waals surface area contributed by atoms with E-state index >= 15 is 0 Å². The summed E-state index contributed by atoms with van der Waals surface area (Å²) >= 11 is 0. The predicted molar refractivity (Wildman–Crippen MR) is 74.3 cm³/mol. The summed E-state index contributed by atoms with van der Waals surface area (Å²) in [5.74, 6) is 0. The molecular weight excluding hydrogens is 224 g/mol.